The van der Waals surface area contributed by atoms with Gasteiger partial charge in [0.15, 0.2) is 17.3 Å². The minimum atomic E-state index is -1.49. The van der Waals surface area contributed by atoms with E-state index >= 15 is 0 Å². The highest BCUT2D eigenvalue weighted by Gasteiger charge is 2.87. The molecule has 12 nitrogen and oxygen atoms in total. The van der Waals surface area contributed by atoms with Crippen LogP contribution in [0.15, 0.2) is 11.6 Å². The van der Waals surface area contributed by atoms with Gasteiger partial charge in [-0.1, -0.05) is 52.0 Å². The van der Waals surface area contributed by atoms with E-state index in [9.17, 15) is 29.1 Å². The van der Waals surface area contributed by atoms with Crippen LogP contribution in [0.1, 0.15) is 107 Å². The Morgan fingerprint density at radius 3 is 2.13 bits per heavy atom. The Hall–Kier alpha value is -2.99. The van der Waals surface area contributed by atoms with E-state index in [-0.39, 0.29) is 19.3 Å². The van der Waals surface area contributed by atoms with Gasteiger partial charge >= 0.3 is 29.8 Å². The van der Waals surface area contributed by atoms with Crippen molar-refractivity contribution in [1.82, 2.24) is 0 Å². The van der Waals surface area contributed by atoms with E-state index in [1.807, 2.05) is 0 Å². The number of carbonyl (C=O) groups excluding carboxylic acids is 5. The molecular formula is C34H50O12. The van der Waals surface area contributed by atoms with Gasteiger partial charge in [0, 0.05) is 46.0 Å². The molecular weight excluding hydrogens is 600 g/mol. The number of rotatable bonds is 10. The molecule has 2 heterocycles. The number of aliphatic hydroxyl groups is 1. The summed E-state index contributed by atoms with van der Waals surface area (Å²) in [6.45, 7) is 12.6. The SMILES string of the molecule is CCCCCCCC(=O)O[C@H]1C/C(C)=C\[C@@H]2OC(=O)[C@]3(C)O[C@]23[C@H](OC(C)=O)[C@H]2[C@@H](C)[C@@H](O)C[C@H](OC(C)=O)[C@]2(C)[C@@H]1OC(C)=O. The summed E-state index contributed by atoms with van der Waals surface area (Å²) in [6, 6.07) is 0. The molecule has 0 aromatic heterocycles. The van der Waals surface area contributed by atoms with Gasteiger partial charge in [0.1, 0.15) is 24.4 Å². The van der Waals surface area contributed by atoms with Crippen LogP contribution >= 0.6 is 0 Å². The lowest BCUT2D eigenvalue weighted by molar-refractivity contribution is -0.245. The van der Waals surface area contributed by atoms with Crippen LogP contribution in [0.5, 0.6) is 0 Å². The molecule has 0 radical (unpaired) electrons. The standard InChI is InChI=1S/C34H50O12/c1-9-10-11-12-13-14-27(39)44-24-15-18(2)16-26-34(33(8,46-34)31(40)45-26)30(43-22(6)37)28-19(3)23(38)17-25(41-20(4)35)32(28,7)29(24)42-21(5)36/h16,19,23-26,28-30,38H,9-15,17H2,1-8H3/b18-16-/t19-,23-,24-,25-,26-,28+,29+,30+,32-,33-,34-/m0/s1. The van der Waals surface area contributed by atoms with E-state index < -0.39 is 94.9 Å². The molecule has 258 valence electrons. The summed E-state index contributed by atoms with van der Waals surface area (Å²) in [5.74, 6) is -4.72. The van der Waals surface area contributed by atoms with Gasteiger partial charge < -0.3 is 33.5 Å². The van der Waals surface area contributed by atoms with Crippen molar-refractivity contribution in [1.29, 1.82) is 0 Å². The Morgan fingerprint density at radius 1 is 0.935 bits per heavy atom. The summed E-state index contributed by atoms with van der Waals surface area (Å²) >= 11 is 0. The van der Waals surface area contributed by atoms with Crippen LogP contribution in [0.4, 0.5) is 0 Å². The second kappa shape index (κ2) is 13.6. The highest BCUT2D eigenvalue weighted by Crippen LogP contribution is 2.66. The number of epoxide rings is 1. The molecule has 3 fully saturated rings. The van der Waals surface area contributed by atoms with Crippen LogP contribution < -0.4 is 0 Å². The molecule has 0 aromatic rings. The molecule has 1 spiro atoms. The summed E-state index contributed by atoms with van der Waals surface area (Å²) < 4.78 is 36.2. The summed E-state index contributed by atoms with van der Waals surface area (Å²) in [4.78, 5) is 64.8. The van der Waals surface area contributed by atoms with Gasteiger partial charge in [-0.15, -0.1) is 0 Å². The maximum Gasteiger partial charge on any atom is 0.342 e. The third-order valence-corrected chi connectivity index (χ3v) is 10.5. The van der Waals surface area contributed by atoms with E-state index in [0.29, 0.717) is 12.0 Å². The lowest BCUT2D eigenvalue weighted by Gasteiger charge is -2.57. The van der Waals surface area contributed by atoms with Crippen LogP contribution in [-0.2, 0) is 52.4 Å². The van der Waals surface area contributed by atoms with E-state index in [1.165, 1.54) is 20.8 Å². The second-order valence-corrected chi connectivity index (χ2v) is 13.9. The van der Waals surface area contributed by atoms with Gasteiger partial charge in [-0.25, -0.2) is 4.79 Å². The first-order chi connectivity index (χ1) is 21.5. The van der Waals surface area contributed by atoms with Crippen LogP contribution in [-0.4, -0.2) is 82.8 Å². The first kappa shape index (κ1) is 35.9. The van der Waals surface area contributed by atoms with Crippen LogP contribution in [0, 0.1) is 17.3 Å². The molecule has 11 atom stereocenters. The van der Waals surface area contributed by atoms with Crippen LogP contribution in [0.3, 0.4) is 0 Å². The Kier molecular flexibility index (Phi) is 10.6. The molecule has 0 aromatic carbocycles. The summed E-state index contributed by atoms with van der Waals surface area (Å²) in [7, 11) is 0. The van der Waals surface area contributed by atoms with Gasteiger partial charge in [0.25, 0.3) is 0 Å². The van der Waals surface area contributed by atoms with Crippen molar-refractivity contribution in [3.8, 4) is 0 Å². The van der Waals surface area contributed by atoms with Gasteiger partial charge in [0.05, 0.1) is 11.5 Å². The third kappa shape index (κ3) is 6.43. The minimum absolute atomic E-state index is 0.0325. The van der Waals surface area contributed by atoms with E-state index in [4.69, 9.17) is 28.4 Å². The molecule has 0 bridgehead atoms. The quantitative estimate of drug-likeness (QED) is 0.119. The van der Waals surface area contributed by atoms with Crippen molar-refractivity contribution in [2.24, 2.45) is 17.3 Å². The van der Waals surface area contributed by atoms with Crippen molar-refractivity contribution in [3.05, 3.63) is 11.6 Å². The summed E-state index contributed by atoms with van der Waals surface area (Å²) in [5.41, 5.74) is -3.75. The fraction of sp³-hybridized carbons (Fsp3) is 0.794. The fourth-order valence-electron chi connectivity index (χ4n) is 8.21. The first-order valence-corrected chi connectivity index (χ1v) is 16.5. The molecule has 0 unspecified atom stereocenters. The Labute approximate surface area is 270 Å². The topological polar surface area (TPSA) is 164 Å². The zero-order valence-corrected chi connectivity index (χ0v) is 28.3. The number of ether oxygens (including phenoxy) is 6. The molecule has 2 aliphatic heterocycles. The van der Waals surface area contributed by atoms with E-state index in [0.717, 1.165) is 25.7 Å². The number of unbranched alkanes of at least 4 members (excludes halogenated alkanes) is 4. The molecule has 2 saturated heterocycles. The molecule has 12 heteroatoms. The van der Waals surface area contributed by atoms with Gasteiger partial charge in [-0.3, -0.25) is 19.2 Å². The Balaban J connectivity index is 1.92. The van der Waals surface area contributed by atoms with Crippen LogP contribution in [0.2, 0.25) is 0 Å². The molecule has 4 aliphatic rings. The molecule has 0 amide bonds. The fourth-order valence-corrected chi connectivity index (χ4v) is 8.21. The number of hydrogen-bond donors (Lipinski definition) is 1. The average molecular weight is 651 g/mol. The second-order valence-electron chi connectivity index (χ2n) is 13.9. The van der Waals surface area contributed by atoms with Gasteiger partial charge in [0.2, 0.25) is 0 Å². The van der Waals surface area contributed by atoms with Crippen molar-refractivity contribution in [3.63, 3.8) is 0 Å². The van der Waals surface area contributed by atoms with E-state index in [2.05, 4.69) is 6.92 Å². The van der Waals surface area contributed by atoms with E-state index in [1.54, 1.807) is 33.8 Å². The largest absolute Gasteiger partial charge is 0.462 e. The summed E-state index contributed by atoms with van der Waals surface area (Å²) in [6.07, 6.45) is -0.134. The number of esters is 5. The van der Waals surface area contributed by atoms with Crippen molar-refractivity contribution >= 4 is 29.8 Å². The normalized spacial score (nSPS) is 40.9. The van der Waals surface area contributed by atoms with Crippen LogP contribution in [0.25, 0.3) is 0 Å². The first-order valence-electron chi connectivity index (χ1n) is 16.5. The number of hydrogen-bond acceptors (Lipinski definition) is 12. The third-order valence-electron chi connectivity index (χ3n) is 10.5. The van der Waals surface area contributed by atoms with Gasteiger partial charge in [-0.2, -0.15) is 0 Å². The highest BCUT2D eigenvalue weighted by atomic mass is 16.7. The molecule has 2 aliphatic carbocycles. The molecule has 1 saturated carbocycles. The smallest absolute Gasteiger partial charge is 0.342 e. The lowest BCUT2D eigenvalue weighted by Crippen LogP contribution is -2.68. The molecule has 1 N–H and O–H groups in total. The Bertz CT molecular complexity index is 1240. The number of fused-ring (bicyclic) bond motifs is 1. The lowest BCUT2D eigenvalue weighted by atomic mass is 9.53. The Morgan fingerprint density at radius 2 is 1.54 bits per heavy atom. The minimum Gasteiger partial charge on any atom is -0.462 e. The number of aliphatic hydroxyl groups excluding tert-OH is 1. The highest BCUT2D eigenvalue weighted by molar-refractivity contribution is 5.89. The molecule has 4 rings (SSSR count). The zero-order chi connectivity index (χ0) is 34.2. The maximum absolute atomic E-state index is 13.3. The molecule has 46 heavy (non-hydrogen) atoms. The zero-order valence-electron chi connectivity index (χ0n) is 28.3. The predicted octanol–water partition coefficient (Wildman–Crippen LogP) is 3.88. The van der Waals surface area contributed by atoms with Gasteiger partial charge in [-0.05, 0) is 32.3 Å². The average Bonchev–Trinajstić information content (AvgIpc) is 3.54. The monoisotopic (exact) mass is 650 g/mol. The van der Waals surface area contributed by atoms with Crippen molar-refractivity contribution in [2.45, 2.75) is 155 Å². The van der Waals surface area contributed by atoms with Crippen molar-refractivity contribution in [2.75, 3.05) is 0 Å². The number of carbonyl (C=O) groups is 5. The summed E-state index contributed by atoms with van der Waals surface area (Å²) in [5, 5.41) is 11.4. The maximum atomic E-state index is 13.3. The van der Waals surface area contributed by atoms with Crippen molar-refractivity contribution < 1.29 is 57.5 Å². The predicted molar refractivity (Wildman–Crippen MR) is 162 cm³/mol.